The molecule has 0 fully saturated rings. The molecule has 32 heavy (non-hydrogen) atoms. The van der Waals surface area contributed by atoms with Crippen LogP contribution in [0.2, 0.25) is 0 Å². The van der Waals surface area contributed by atoms with Gasteiger partial charge in [0.05, 0.1) is 22.6 Å². The van der Waals surface area contributed by atoms with E-state index in [-0.39, 0.29) is 34.1 Å². The lowest BCUT2D eigenvalue weighted by Gasteiger charge is -2.17. The van der Waals surface area contributed by atoms with Gasteiger partial charge in [0, 0.05) is 31.3 Å². The lowest BCUT2D eigenvalue weighted by molar-refractivity contribution is -0.384. The van der Waals surface area contributed by atoms with Gasteiger partial charge in [0.2, 0.25) is 10.0 Å². The molecule has 0 saturated carbocycles. The van der Waals surface area contributed by atoms with Crippen molar-refractivity contribution in [3.05, 3.63) is 94.0 Å². The number of hydrogen-bond acceptors (Lipinski definition) is 6. The van der Waals surface area contributed by atoms with Crippen LogP contribution in [0.4, 0.5) is 11.4 Å². The number of nitro groups is 1. The van der Waals surface area contributed by atoms with E-state index in [1.54, 1.807) is 0 Å². The van der Waals surface area contributed by atoms with Crippen LogP contribution in [0.15, 0.2) is 77.7 Å². The number of rotatable bonds is 8. The van der Waals surface area contributed by atoms with Crippen molar-refractivity contribution in [1.29, 1.82) is 0 Å². The van der Waals surface area contributed by atoms with E-state index in [1.807, 2.05) is 30.3 Å². The number of non-ortho nitro benzene ring substituents is 1. The molecular weight excluding hydrogens is 434 g/mol. The maximum atomic E-state index is 12.8. The van der Waals surface area contributed by atoms with E-state index in [0.717, 1.165) is 5.56 Å². The molecule has 0 unspecified atom stereocenters. The first-order chi connectivity index (χ1) is 15.2. The number of hydrogen-bond donors (Lipinski definition) is 1. The van der Waals surface area contributed by atoms with Crippen molar-refractivity contribution < 1.29 is 22.9 Å². The van der Waals surface area contributed by atoms with Gasteiger partial charge in [-0.3, -0.25) is 14.9 Å². The third-order valence-electron chi connectivity index (χ3n) is 4.71. The fourth-order valence-corrected chi connectivity index (χ4v) is 4.14. The van der Waals surface area contributed by atoms with E-state index in [2.05, 4.69) is 5.32 Å². The maximum absolute atomic E-state index is 12.8. The molecule has 0 radical (unpaired) electrons. The number of nitrogens with one attached hydrogen (secondary N) is 1. The molecule has 3 rings (SSSR count). The summed E-state index contributed by atoms with van der Waals surface area (Å²) in [7, 11) is -0.897. The van der Waals surface area contributed by atoms with E-state index < -0.39 is 20.9 Å². The molecule has 0 aliphatic rings. The molecule has 3 aromatic carbocycles. The van der Waals surface area contributed by atoms with Gasteiger partial charge in [-0.05, 0) is 35.9 Å². The first-order valence-electron chi connectivity index (χ1n) is 9.46. The Kier molecular flexibility index (Phi) is 6.86. The molecule has 0 bridgehead atoms. The van der Waals surface area contributed by atoms with Gasteiger partial charge >= 0.3 is 0 Å². The predicted octanol–water partition coefficient (Wildman–Crippen LogP) is 3.68. The van der Waals surface area contributed by atoms with Gasteiger partial charge in [0.15, 0.2) is 0 Å². The summed E-state index contributed by atoms with van der Waals surface area (Å²) in [5.74, 6) is -0.309. The Balaban J connectivity index is 1.77. The van der Waals surface area contributed by atoms with E-state index in [9.17, 15) is 23.3 Å². The second-order valence-corrected chi connectivity index (χ2v) is 8.91. The Morgan fingerprint density at radius 1 is 1.06 bits per heavy atom. The molecule has 0 aliphatic heterocycles. The van der Waals surface area contributed by atoms with Gasteiger partial charge in [-0.1, -0.05) is 30.3 Å². The highest BCUT2D eigenvalue weighted by molar-refractivity contribution is 7.89. The van der Waals surface area contributed by atoms with Crippen LogP contribution in [-0.4, -0.2) is 37.7 Å². The molecule has 0 aromatic heterocycles. The molecule has 0 heterocycles. The second kappa shape index (κ2) is 9.58. The van der Waals surface area contributed by atoms with Crippen LogP contribution in [-0.2, 0) is 16.6 Å². The number of ether oxygens (including phenoxy) is 1. The van der Waals surface area contributed by atoms with Gasteiger partial charge in [0.1, 0.15) is 5.75 Å². The summed E-state index contributed by atoms with van der Waals surface area (Å²) in [5, 5.41) is 13.6. The first kappa shape index (κ1) is 22.9. The van der Waals surface area contributed by atoms with Crippen LogP contribution in [0, 0.1) is 10.1 Å². The van der Waals surface area contributed by atoms with Crippen molar-refractivity contribution in [3.8, 4) is 5.75 Å². The minimum absolute atomic E-state index is 0.0420. The van der Waals surface area contributed by atoms with Crippen LogP contribution in [0.1, 0.15) is 15.9 Å². The standard InChI is InChI=1S/C22H21N3O6S/c1-24(15-16-6-4-3-5-7-16)32(29,30)19-11-8-17(9-12-19)22(26)23-20-14-18(25(27)28)10-13-21(20)31-2/h3-14H,15H2,1-2H3,(H,23,26). The number of nitrogens with zero attached hydrogens (tertiary/aromatic N) is 2. The summed E-state index contributed by atoms with van der Waals surface area (Å²) < 4.78 is 32.0. The summed E-state index contributed by atoms with van der Waals surface area (Å²) in [6.45, 7) is 0.206. The number of sulfonamides is 1. The Bertz CT molecular complexity index is 1230. The largest absolute Gasteiger partial charge is 0.495 e. The fraction of sp³-hybridized carbons (Fsp3) is 0.136. The zero-order valence-corrected chi connectivity index (χ0v) is 18.2. The Hall–Kier alpha value is -3.76. The van der Waals surface area contributed by atoms with Crippen molar-refractivity contribution in [2.45, 2.75) is 11.4 Å². The zero-order valence-electron chi connectivity index (χ0n) is 17.4. The fourth-order valence-electron chi connectivity index (χ4n) is 2.99. The number of nitro benzene ring substituents is 1. The molecule has 166 valence electrons. The highest BCUT2D eigenvalue weighted by Gasteiger charge is 2.22. The summed E-state index contributed by atoms with van der Waals surface area (Å²) in [6, 6.07) is 18.5. The molecule has 10 heteroatoms. The predicted molar refractivity (Wildman–Crippen MR) is 119 cm³/mol. The van der Waals surface area contributed by atoms with Crippen LogP contribution >= 0.6 is 0 Å². The highest BCUT2D eigenvalue weighted by Crippen LogP contribution is 2.29. The second-order valence-electron chi connectivity index (χ2n) is 6.87. The topological polar surface area (TPSA) is 119 Å². The third kappa shape index (κ3) is 5.10. The summed E-state index contributed by atoms with van der Waals surface area (Å²) in [4.78, 5) is 23.1. The van der Waals surface area contributed by atoms with Crippen molar-refractivity contribution in [2.24, 2.45) is 0 Å². The molecule has 0 spiro atoms. The molecule has 1 amide bonds. The summed E-state index contributed by atoms with van der Waals surface area (Å²) in [6.07, 6.45) is 0. The smallest absolute Gasteiger partial charge is 0.271 e. The number of methoxy groups -OCH3 is 1. The molecule has 0 saturated heterocycles. The molecule has 0 aliphatic carbocycles. The van der Waals surface area contributed by atoms with Gasteiger partial charge in [-0.25, -0.2) is 8.42 Å². The number of benzene rings is 3. The summed E-state index contributed by atoms with van der Waals surface area (Å²) in [5.41, 5.74) is 0.957. The highest BCUT2D eigenvalue weighted by atomic mass is 32.2. The normalized spacial score (nSPS) is 11.2. The lowest BCUT2D eigenvalue weighted by Crippen LogP contribution is -2.26. The Labute approximate surface area is 185 Å². The number of anilines is 1. The first-order valence-corrected chi connectivity index (χ1v) is 10.9. The van der Waals surface area contributed by atoms with E-state index in [0.29, 0.717) is 0 Å². The van der Waals surface area contributed by atoms with Crippen LogP contribution < -0.4 is 10.1 Å². The van der Waals surface area contributed by atoms with E-state index in [4.69, 9.17) is 4.74 Å². The molecule has 9 nitrogen and oxygen atoms in total. The summed E-state index contributed by atoms with van der Waals surface area (Å²) >= 11 is 0. The van der Waals surface area contributed by atoms with Crippen molar-refractivity contribution in [3.63, 3.8) is 0 Å². The van der Waals surface area contributed by atoms with Crippen molar-refractivity contribution in [1.82, 2.24) is 4.31 Å². The van der Waals surface area contributed by atoms with Gasteiger partial charge in [-0.15, -0.1) is 0 Å². The average Bonchev–Trinajstić information content (AvgIpc) is 2.79. The Morgan fingerprint density at radius 2 is 1.72 bits per heavy atom. The SMILES string of the molecule is COc1ccc([N+](=O)[O-])cc1NC(=O)c1ccc(S(=O)(=O)N(C)Cc2ccccc2)cc1. The third-order valence-corrected chi connectivity index (χ3v) is 6.53. The Morgan fingerprint density at radius 3 is 2.31 bits per heavy atom. The van der Waals surface area contributed by atoms with Crippen molar-refractivity contribution >= 4 is 27.3 Å². The van der Waals surface area contributed by atoms with Gasteiger partial charge < -0.3 is 10.1 Å². The van der Waals surface area contributed by atoms with Crippen LogP contribution in [0.25, 0.3) is 0 Å². The molecule has 1 N–H and O–H groups in total. The maximum Gasteiger partial charge on any atom is 0.271 e. The minimum Gasteiger partial charge on any atom is -0.495 e. The van der Waals surface area contributed by atoms with Crippen molar-refractivity contribution in [2.75, 3.05) is 19.5 Å². The molecular formula is C22H21N3O6S. The van der Waals surface area contributed by atoms with E-state index >= 15 is 0 Å². The quantitative estimate of drug-likeness (QED) is 0.409. The number of carbonyl (C=O) groups excluding carboxylic acids is 1. The van der Waals surface area contributed by atoms with Crippen LogP contribution in [0.5, 0.6) is 5.75 Å². The molecule has 0 atom stereocenters. The lowest BCUT2D eigenvalue weighted by atomic mass is 10.2. The van der Waals surface area contributed by atoms with Gasteiger partial charge in [-0.2, -0.15) is 4.31 Å². The minimum atomic E-state index is -3.76. The van der Waals surface area contributed by atoms with Gasteiger partial charge in [0.25, 0.3) is 11.6 Å². The van der Waals surface area contributed by atoms with Crippen LogP contribution in [0.3, 0.4) is 0 Å². The number of amides is 1. The van der Waals surface area contributed by atoms with E-state index in [1.165, 1.54) is 60.9 Å². The molecule has 3 aromatic rings. The average molecular weight is 455 g/mol. The number of carbonyl (C=O) groups is 1. The monoisotopic (exact) mass is 455 g/mol. The zero-order chi connectivity index (χ0) is 23.3.